The first kappa shape index (κ1) is 25.2. The molecule has 33 heavy (non-hydrogen) atoms. The lowest BCUT2D eigenvalue weighted by atomic mass is 10.0. The predicted molar refractivity (Wildman–Crippen MR) is 143 cm³/mol. The van der Waals surface area contributed by atoms with Gasteiger partial charge in [0.1, 0.15) is 11.6 Å². The van der Waals surface area contributed by atoms with Crippen LogP contribution in [0.1, 0.15) is 36.7 Å². The average Bonchev–Trinajstić information content (AvgIpc) is 3.51. The van der Waals surface area contributed by atoms with E-state index >= 15 is 0 Å². The normalized spacial score (nSPS) is 15.3. The number of benzene rings is 1. The number of likely N-dealkylation sites (tertiary alicyclic amines) is 1. The number of methoxy groups -OCH3 is 1. The van der Waals surface area contributed by atoms with Gasteiger partial charge in [-0.25, -0.2) is 0 Å². The van der Waals surface area contributed by atoms with Gasteiger partial charge in [0.25, 0.3) is 0 Å². The Labute approximate surface area is 212 Å². The second kappa shape index (κ2) is 12.7. The number of rotatable bonds is 9. The van der Waals surface area contributed by atoms with E-state index in [2.05, 4.69) is 42.9 Å². The number of para-hydroxylation sites is 1. The smallest absolute Gasteiger partial charge is 0.191 e. The number of halogens is 1. The monoisotopic (exact) mass is 563 g/mol. The van der Waals surface area contributed by atoms with Crippen LogP contribution in [0.4, 0.5) is 0 Å². The van der Waals surface area contributed by atoms with E-state index < -0.39 is 0 Å². The maximum Gasteiger partial charge on any atom is 0.191 e. The molecule has 8 nitrogen and oxygen atoms in total. The van der Waals surface area contributed by atoms with Gasteiger partial charge in [0.05, 0.1) is 13.2 Å². The number of ether oxygens (including phenoxy) is 1. The van der Waals surface area contributed by atoms with Gasteiger partial charge in [-0.05, 0) is 50.6 Å². The Kier molecular flexibility index (Phi) is 9.74. The molecule has 1 aliphatic heterocycles. The molecule has 3 aromatic rings. The first-order valence-electron chi connectivity index (χ1n) is 11.4. The molecule has 9 heteroatoms. The van der Waals surface area contributed by atoms with Crippen molar-refractivity contribution in [1.29, 1.82) is 0 Å². The SMILES string of the molecule is CN=C(NCCCc1nnc2ccccn12)NCC(c1ccccc1OC)N1CCCC1.I. The molecule has 2 N–H and O–H groups in total. The molecular weight excluding hydrogens is 529 g/mol. The van der Waals surface area contributed by atoms with Crippen LogP contribution < -0.4 is 15.4 Å². The first-order chi connectivity index (χ1) is 15.8. The average molecular weight is 563 g/mol. The maximum absolute atomic E-state index is 5.65. The van der Waals surface area contributed by atoms with Gasteiger partial charge >= 0.3 is 0 Å². The molecule has 178 valence electrons. The minimum absolute atomic E-state index is 0. The summed E-state index contributed by atoms with van der Waals surface area (Å²) >= 11 is 0. The summed E-state index contributed by atoms with van der Waals surface area (Å²) < 4.78 is 7.69. The summed E-state index contributed by atoms with van der Waals surface area (Å²) in [5.74, 6) is 2.74. The number of hydrogen-bond acceptors (Lipinski definition) is 5. The van der Waals surface area contributed by atoms with Crippen molar-refractivity contribution in [1.82, 2.24) is 30.1 Å². The van der Waals surface area contributed by atoms with E-state index in [0.717, 1.165) is 62.2 Å². The molecule has 3 heterocycles. The van der Waals surface area contributed by atoms with Crippen molar-refractivity contribution in [2.24, 2.45) is 4.99 Å². The van der Waals surface area contributed by atoms with Crippen molar-refractivity contribution in [2.45, 2.75) is 31.7 Å². The molecule has 0 saturated carbocycles. The number of nitrogens with zero attached hydrogens (tertiary/aromatic N) is 5. The Morgan fingerprint density at radius 2 is 1.88 bits per heavy atom. The number of fused-ring (bicyclic) bond motifs is 1. The third-order valence-corrected chi connectivity index (χ3v) is 6.02. The van der Waals surface area contributed by atoms with E-state index in [1.807, 2.05) is 48.0 Å². The molecule has 1 aliphatic rings. The molecular formula is C24H34IN7O. The largest absolute Gasteiger partial charge is 0.496 e. The number of hydrogen-bond donors (Lipinski definition) is 2. The lowest BCUT2D eigenvalue weighted by molar-refractivity contribution is 0.239. The van der Waals surface area contributed by atoms with Gasteiger partial charge in [-0.15, -0.1) is 34.2 Å². The van der Waals surface area contributed by atoms with Crippen LogP contribution in [0, 0.1) is 0 Å². The van der Waals surface area contributed by atoms with Gasteiger partial charge in [0, 0.05) is 38.3 Å². The highest BCUT2D eigenvalue weighted by atomic mass is 127. The summed E-state index contributed by atoms with van der Waals surface area (Å²) in [4.78, 5) is 6.96. The van der Waals surface area contributed by atoms with Crippen LogP contribution in [0.5, 0.6) is 5.75 Å². The van der Waals surface area contributed by atoms with Gasteiger partial charge in [-0.1, -0.05) is 24.3 Å². The van der Waals surface area contributed by atoms with Gasteiger partial charge in [-0.3, -0.25) is 14.3 Å². The van der Waals surface area contributed by atoms with Crippen molar-refractivity contribution in [2.75, 3.05) is 40.3 Å². The summed E-state index contributed by atoms with van der Waals surface area (Å²) in [7, 11) is 3.56. The van der Waals surface area contributed by atoms with Crippen LogP contribution in [0.15, 0.2) is 53.7 Å². The molecule has 1 fully saturated rings. The fourth-order valence-electron chi connectivity index (χ4n) is 4.36. The third kappa shape index (κ3) is 6.35. The molecule has 4 rings (SSSR count). The molecule has 1 unspecified atom stereocenters. The van der Waals surface area contributed by atoms with Crippen molar-refractivity contribution >= 4 is 35.6 Å². The molecule has 1 atom stereocenters. The molecule has 0 aliphatic carbocycles. The van der Waals surface area contributed by atoms with Gasteiger partial charge in [-0.2, -0.15) is 0 Å². The minimum atomic E-state index is 0. The zero-order chi connectivity index (χ0) is 22.2. The summed E-state index contributed by atoms with van der Waals surface area (Å²) in [5.41, 5.74) is 2.11. The van der Waals surface area contributed by atoms with Crippen LogP contribution in [0.2, 0.25) is 0 Å². The molecule has 0 bridgehead atoms. The quantitative estimate of drug-likeness (QED) is 0.180. The zero-order valence-corrected chi connectivity index (χ0v) is 21.7. The number of nitrogens with one attached hydrogen (secondary N) is 2. The number of pyridine rings is 1. The van der Waals surface area contributed by atoms with E-state index in [9.17, 15) is 0 Å². The summed E-state index contributed by atoms with van der Waals surface area (Å²) in [6.07, 6.45) is 6.30. The van der Waals surface area contributed by atoms with E-state index in [1.54, 1.807) is 7.11 Å². The zero-order valence-electron chi connectivity index (χ0n) is 19.4. The second-order valence-electron chi connectivity index (χ2n) is 8.03. The Bertz CT molecular complexity index is 1030. The highest BCUT2D eigenvalue weighted by molar-refractivity contribution is 14.0. The first-order valence-corrected chi connectivity index (χ1v) is 11.4. The molecule has 1 saturated heterocycles. The topological polar surface area (TPSA) is 79.1 Å². The Hall–Kier alpha value is -2.40. The van der Waals surface area contributed by atoms with Gasteiger partial charge in [0.2, 0.25) is 0 Å². The fourth-order valence-corrected chi connectivity index (χ4v) is 4.36. The van der Waals surface area contributed by atoms with Crippen LogP contribution in [-0.2, 0) is 6.42 Å². The summed E-state index contributed by atoms with van der Waals surface area (Å²) in [6, 6.07) is 14.5. The number of aliphatic imine (C=N–C) groups is 1. The van der Waals surface area contributed by atoms with Crippen LogP contribution in [0.25, 0.3) is 5.65 Å². The Balaban J connectivity index is 0.00000306. The Morgan fingerprint density at radius 1 is 1.09 bits per heavy atom. The van der Waals surface area contributed by atoms with E-state index in [1.165, 1.54) is 18.4 Å². The number of aryl methyl sites for hydroxylation is 1. The molecule has 1 aromatic carbocycles. The van der Waals surface area contributed by atoms with E-state index in [0.29, 0.717) is 0 Å². The van der Waals surface area contributed by atoms with Crippen molar-refractivity contribution in [3.05, 3.63) is 60.0 Å². The van der Waals surface area contributed by atoms with E-state index in [-0.39, 0.29) is 30.0 Å². The Morgan fingerprint density at radius 3 is 2.67 bits per heavy atom. The summed E-state index contributed by atoms with van der Waals surface area (Å²) in [6.45, 7) is 3.81. The maximum atomic E-state index is 5.65. The summed E-state index contributed by atoms with van der Waals surface area (Å²) in [5, 5.41) is 15.5. The highest BCUT2D eigenvalue weighted by Gasteiger charge is 2.26. The van der Waals surface area contributed by atoms with Crippen LogP contribution in [0.3, 0.4) is 0 Å². The van der Waals surface area contributed by atoms with Crippen molar-refractivity contribution < 1.29 is 4.74 Å². The van der Waals surface area contributed by atoms with Crippen LogP contribution in [-0.4, -0.2) is 65.8 Å². The van der Waals surface area contributed by atoms with Gasteiger partial charge < -0.3 is 15.4 Å². The molecule has 0 spiro atoms. The lowest BCUT2D eigenvalue weighted by Gasteiger charge is -2.30. The third-order valence-electron chi connectivity index (χ3n) is 6.02. The molecule has 0 radical (unpaired) electrons. The van der Waals surface area contributed by atoms with Crippen LogP contribution >= 0.6 is 24.0 Å². The lowest BCUT2D eigenvalue weighted by Crippen LogP contribution is -2.43. The highest BCUT2D eigenvalue weighted by Crippen LogP contribution is 2.31. The van der Waals surface area contributed by atoms with E-state index in [4.69, 9.17) is 4.74 Å². The minimum Gasteiger partial charge on any atom is -0.496 e. The standard InChI is InChI=1S/C24H33N7O.HI/c1-25-24(26-14-9-13-23-29-28-22-12-5-6-17-31(22)23)27-18-20(30-15-7-8-16-30)19-10-3-4-11-21(19)32-2;/h3-6,10-12,17,20H,7-9,13-16,18H2,1-2H3,(H2,25,26,27);1H. The second-order valence-corrected chi connectivity index (χ2v) is 8.03. The van der Waals surface area contributed by atoms with Gasteiger partial charge in [0.15, 0.2) is 11.6 Å². The van der Waals surface area contributed by atoms with Crippen molar-refractivity contribution in [3.8, 4) is 5.75 Å². The molecule has 2 aromatic heterocycles. The number of guanidine groups is 1. The predicted octanol–water partition coefficient (Wildman–Crippen LogP) is 3.29. The molecule has 0 amide bonds. The number of aromatic nitrogens is 3. The fraction of sp³-hybridized carbons (Fsp3) is 0.458. The van der Waals surface area contributed by atoms with Crippen molar-refractivity contribution in [3.63, 3.8) is 0 Å².